The third-order valence-electron chi connectivity index (χ3n) is 4.42. The molecule has 1 atom stereocenters. The van der Waals surface area contributed by atoms with Crippen molar-refractivity contribution in [1.82, 2.24) is 14.7 Å². The standard InChI is InChI=1S/C15H27N3O4/c1-12(2)16(3)7-13(19)18-5-6-21-11-15(10-18)9-17(4)14(20)8-22-15/h12H,5-11H2,1-4H3. The summed E-state index contributed by atoms with van der Waals surface area (Å²) < 4.78 is 11.4. The third kappa shape index (κ3) is 3.97. The summed E-state index contributed by atoms with van der Waals surface area (Å²) in [5.41, 5.74) is -0.606. The first-order valence-corrected chi connectivity index (χ1v) is 7.77. The number of hydrogen-bond donors (Lipinski definition) is 0. The Kier molecular flexibility index (Phi) is 5.41. The number of carbonyl (C=O) groups is 2. The van der Waals surface area contributed by atoms with E-state index in [1.165, 1.54) is 0 Å². The van der Waals surface area contributed by atoms with Crippen molar-refractivity contribution in [2.75, 3.05) is 60.1 Å². The molecule has 2 aliphatic rings. The number of rotatable bonds is 3. The van der Waals surface area contributed by atoms with Crippen molar-refractivity contribution in [1.29, 1.82) is 0 Å². The Hall–Kier alpha value is -1.18. The van der Waals surface area contributed by atoms with Gasteiger partial charge in [-0.15, -0.1) is 0 Å². The molecule has 0 bridgehead atoms. The van der Waals surface area contributed by atoms with E-state index in [1.807, 2.05) is 11.9 Å². The van der Waals surface area contributed by atoms with E-state index in [1.54, 1.807) is 16.8 Å². The molecule has 0 aromatic rings. The van der Waals surface area contributed by atoms with Crippen LogP contribution < -0.4 is 0 Å². The van der Waals surface area contributed by atoms with Crippen molar-refractivity contribution >= 4 is 11.8 Å². The quantitative estimate of drug-likeness (QED) is 0.697. The van der Waals surface area contributed by atoms with Crippen LogP contribution >= 0.6 is 0 Å². The van der Waals surface area contributed by atoms with Gasteiger partial charge >= 0.3 is 0 Å². The highest BCUT2D eigenvalue weighted by atomic mass is 16.6. The second-order valence-corrected chi connectivity index (χ2v) is 6.60. The molecule has 0 saturated carbocycles. The van der Waals surface area contributed by atoms with Crippen LogP contribution in [0.1, 0.15) is 13.8 Å². The minimum absolute atomic E-state index is 0.0349. The lowest BCUT2D eigenvalue weighted by molar-refractivity contribution is -0.171. The molecule has 126 valence electrons. The summed E-state index contributed by atoms with van der Waals surface area (Å²) in [5, 5.41) is 0. The topological polar surface area (TPSA) is 62.3 Å². The van der Waals surface area contributed by atoms with Crippen LogP contribution in [-0.4, -0.2) is 98.3 Å². The fourth-order valence-corrected chi connectivity index (χ4v) is 2.69. The molecule has 2 saturated heterocycles. The van der Waals surface area contributed by atoms with Gasteiger partial charge in [-0.2, -0.15) is 0 Å². The zero-order valence-electron chi connectivity index (χ0n) is 14.0. The van der Waals surface area contributed by atoms with Crippen LogP contribution in [0, 0.1) is 0 Å². The Morgan fingerprint density at radius 3 is 2.77 bits per heavy atom. The average Bonchev–Trinajstić information content (AvgIpc) is 2.66. The Bertz CT molecular complexity index is 429. The van der Waals surface area contributed by atoms with Crippen LogP contribution in [0.5, 0.6) is 0 Å². The largest absolute Gasteiger partial charge is 0.376 e. The van der Waals surface area contributed by atoms with Gasteiger partial charge in [0.2, 0.25) is 11.8 Å². The van der Waals surface area contributed by atoms with Gasteiger partial charge in [0, 0.05) is 19.6 Å². The maximum atomic E-state index is 12.5. The molecular weight excluding hydrogens is 286 g/mol. The Labute approximate surface area is 132 Å². The van der Waals surface area contributed by atoms with E-state index >= 15 is 0 Å². The first-order chi connectivity index (χ1) is 10.3. The molecule has 2 rings (SSSR count). The normalized spacial score (nSPS) is 26.9. The Morgan fingerprint density at radius 1 is 1.41 bits per heavy atom. The Balaban J connectivity index is 2.03. The molecule has 0 aromatic carbocycles. The van der Waals surface area contributed by atoms with Gasteiger partial charge in [-0.3, -0.25) is 14.5 Å². The predicted molar refractivity (Wildman–Crippen MR) is 81.5 cm³/mol. The molecule has 22 heavy (non-hydrogen) atoms. The molecule has 2 aliphatic heterocycles. The highest BCUT2D eigenvalue weighted by Gasteiger charge is 2.42. The first-order valence-electron chi connectivity index (χ1n) is 7.77. The van der Waals surface area contributed by atoms with Gasteiger partial charge in [0.05, 0.1) is 32.8 Å². The fourth-order valence-electron chi connectivity index (χ4n) is 2.69. The lowest BCUT2D eigenvalue weighted by Gasteiger charge is -2.41. The monoisotopic (exact) mass is 313 g/mol. The fraction of sp³-hybridized carbons (Fsp3) is 0.867. The number of likely N-dealkylation sites (N-methyl/N-ethyl adjacent to an activating group) is 2. The van der Waals surface area contributed by atoms with Crippen molar-refractivity contribution in [2.24, 2.45) is 0 Å². The number of ether oxygens (including phenoxy) is 2. The molecule has 0 radical (unpaired) electrons. The van der Waals surface area contributed by atoms with Crippen LogP contribution in [0.2, 0.25) is 0 Å². The third-order valence-corrected chi connectivity index (χ3v) is 4.42. The summed E-state index contributed by atoms with van der Waals surface area (Å²) in [5.74, 6) is 0.0384. The average molecular weight is 313 g/mol. The second-order valence-electron chi connectivity index (χ2n) is 6.60. The molecular formula is C15H27N3O4. The van der Waals surface area contributed by atoms with Crippen molar-refractivity contribution in [3.8, 4) is 0 Å². The van der Waals surface area contributed by atoms with Gasteiger partial charge in [-0.25, -0.2) is 0 Å². The number of amides is 2. The smallest absolute Gasteiger partial charge is 0.248 e. The molecule has 2 amide bonds. The first kappa shape index (κ1) is 17.2. The lowest BCUT2D eigenvalue weighted by Crippen LogP contribution is -2.60. The van der Waals surface area contributed by atoms with Gasteiger partial charge in [-0.1, -0.05) is 0 Å². The number of morpholine rings is 1. The molecule has 1 spiro atoms. The van der Waals surface area contributed by atoms with E-state index in [-0.39, 0.29) is 18.4 Å². The maximum absolute atomic E-state index is 12.5. The predicted octanol–water partition coefficient (Wildman–Crippen LogP) is -0.587. The van der Waals surface area contributed by atoms with E-state index in [9.17, 15) is 9.59 Å². The zero-order valence-corrected chi connectivity index (χ0v) is 14.0. The van der Waals surface area contributed by atoms with Gasteiger partial charge < -0.3 is 19.3 Å². The molecule has 7 nitrogen and oxygen atoms in total. The van der Waals surface area contributed by atoms with Crippen LogP contribution in [0.15, 0.2) is 0 Å². The molecule has 7 heteroatoms. The van der Waals surface area contributed by atoms with E-state index < -0.39 is 5.60 Å². The van der Waals surface area contributed by atoms with Gasteiger partial charge in [0.25, 0.3) is 0 Å². The molecule has 1 unspecified atom stereocenters. The summed E-state index contributed by atoms with van der Waals surface area (Å²) in [6, 6.07) is 0.316. The minimum Gasteiger partial charge on any atom is -0.376 e. The maximum Gasteiger partial charge on any atom is 0.248 e. The van der Waals surface area contributed by atoms with Crippen molar-refractivity contribution in [3.63, 3.8) is 0 Å². The highest BCUT2D eigenvalue weighted by Crippen LogP contribution is 2.22. The molecule has 0 N–H and O–H groups in total. The van der Waals surface area contributed by atoms with E-state index in [0.29, 0.717) is 45.4 Å². The van der Waals surface area contributed by atoms with Crippen molar-refractivity contribution in [3.05, 3.63) is 0 Å². The zero-order chi connectivity index (χ0) is 16.3. The van der Waals surface area contributed by atoms with Gasteiger partial charge in [0.15, 0.2) is 0 Å². The molecule has 0 aromatic heterocycles. The van der Waals surface area contributed by atoms with E-state index in [2.05, 4.69) is 13.8 Å². The SMILES string of the molecule is CC(C)N(C)CC(=O)N1CCOCC2(CN(C)C(=O)CO2)C1. The summed E-state index contributed by atoms with van der Waals surface area (Å²) in [4.78, 5) is 29.6. The van der Waals surface area contributed by atoms with Crippen molar-refractivity contribution < 1.29 is 19.1 Å². The minimum atomic E-state index is -0.606. The summed E-state index contributed by atoms with van der Waals surface area (Å²) in [6.07, 6.45) is 0. The summed E-state index contributed by atoms with van der Waals surface area (Å²) in [7, 11) is 3.70. The summed E-state index contributed by atoms with van der Waals surface area (Å²) in [6.45, 7) is 6.94. The van der Waals surface area contributed by atoms with Crippen LogP contribution in [0.4, 0.5) is 0 Å². The molecule has 2 fully saturated rings. The van der Waals surface area contributed by atoms with E-state index in [4.69, 9.17) is 9.47 Å². The highest BCUT2D eigenvalue weighted by molar-refractivity contribution is 5.79. The number of nitrogens with zero attached hydrogens (tertiary/aromatic N) is 3. The van der Waals surface area contributed by atoms with Crippen LogP contribution in [-0.2, 0) is 19.1 Å². The van der Waals surface area contributed by atoms with E-state index in [0.717, 1.165) is 0 Å². The number of carbonyl (C=O) groups excluding carboxylic acids is 2. The second kappa shape index (κ2) is 6.93. The molecule has 2 heterocycles. The summed E-state index contributed by atoms with van der Waals surface area (Å²) >= 11 is 0. The Morgan fingerprint density at radius 2 is 2.14 bits per heavy atom. The van der Waals surface area contributed by atoms with Crippen LogP contribution in [0.25, 0.3) is 0 Å². The number of hydrogen-bond acceptors (Lipinski definition) is 5. The van der Waals surface area contributed by atoms with Crippen molar-refractivity contribution in [2.45, 2.75) is 25.5 Å². The lowest BCUT2D eigenvalue weighted by atomic mass is 10.0. The van der Waals surface area contributed by atoms with Crippen LogP contribution in [0.3, 0.4) is 0 Å². The molecule has 0 aliphatic carbocycles. The van der Waals surface area contributed by atoms with Gasteiger partial charge in [0.1, 0.15) is 12.2 Å². The van der Waals surface area contributed by atoms with Gasteiger partial charge in [-0.05, 0) is 20.9 Å².